The monoisotopic (exact) mass is 322 g/mol. The average Bonchev–Trinajstić information content (AvgIpc) is 2.06. The van der Waals surface area contributed by atoms with E-state index in [9.17, 15) is 0 Å². The Hall–Kier alpha value is 1.17. The summed E-state index contributed by atoms with van der Waals surface area (Å²) in [5.74, 6) is 1.21. The maximum absolute atomic E-state index is 6.05. The molecule has 0 heterocycles. The van der Waals surface area contributed by atoms with Gasteiger partial charge in [0.15, 0.2) is 0 Å². The normalized spacial score (nSPS) is 12.1. The van der Waals surface area contributed by atoms with Crippen molar-refractivity contribution in [1.82, 2.24) is 0 Å². The van der Waals surface area contributed by atoms with Crippen LogP contribution in [0.25, 0.3) is 0 Å². The first kappa shape index (κ1) is 13.2. The summed E-state index contributed by atoms with van der Waals surface area (Å²) in [6.45, 7) is 4.43. The molecule has 0 amide bonds. The van der Waals surface area contributed by atoms with Crippen LogP contribution in [0, 0.1) is 0 Å². The summed E-state index contributed by atoms with van der Waals surface area (Å²) < 4.78 is 2.52. The van der Waals surface area contributed by atoms with E-state index in [1.165, 1.54) is 29.5 Å². The van der Waals surface area contributed by atoms with Gasteiger partial charge >= 0.3 is 96.1 Å². The van der Waals surface area contributed by atoms with Gasteiger partial charge in [0, 0.05) is 0 Å². The van der Waals surface area contributed by atoms with Gasteiger partial charge < -0.3 is 0 Å². The van der Waals surface area contributed by atoms with Gasteiger partial charge in [-0.05, 0) is 0 Å². The minimum absolute atomic E-state index is 0.0234. The van der Waals surface area contributed by atoms with E-state index in [1.807, 2.05) is 11.8 Å². The summed E-state index contributed by atoms with van der Waals surface area (Å²) in [6.07, 6.45) is 3.89. The molecule has 72 valence electrons. The number of unbranched alkanes of at least 4 members (excludes halogenated alkanes) is 1. The van der Waals surface area contributed by atoms with Crippen LogP contribution in [0.5, 0.6) is 0 Å². The van der Waals surface area contributed by atoms with Crippen molar-refractivity contribution >= 4 is 44.3 Å². The average molecular weight is 320 g/mol. The molecule has 0 radical (unpaired) electrons. The Morgan fingerprint density at radius 3 is 2.75 bits per heavy atom. The first-order valence-electron chi connectivity index (χ1n) is 4.41. The Morgan fingerprint density at radius 2 is 2.17 bits per heavy atom. The second kappa shape index (κ2) is 10.3. The Labute approximate surface area is 95.6 Å². The van der Waals surface area contributed by atoms with Crippen molar-refractivity contribution in [2.24, 2.45) is 0 Å². The molecule has 0 aromatic heterocycles. The molecule has 0 saturated carbocycles. The molecule has 0 fully saturated rings. The Morgan fingerprint density at radius 1 is 1.42 bits per heavy atom. The Kier molecular flexibility index (Phi) is 11.3. The van der Waals surface area contributed by atoms with E-state index < -0.39 is 0 Å². The molecule has 0 spiro atoms. The van der Waals surface area contributed by atoms with Gasteiger partial charge in [-0.25, -0.2) is 0 Å². The van der Waals surface area contributed by atoms with Gasteiger partial charge in [0.1, 0.15) is 0 Å². The molecule has 0 aliphatic rings. The first-order valence-corrected chi connectivity index (χ1v) is 8.65. The van der Waals surface area contributed by atoms with Gasteiger partial charge in [0.2, 0.25) is 0 Å². The van der Waals surface area contributed by atoms with Crippen LogP contribution < -0.4 is 0 Å². The summed E-state index contributed by atoms with van der Waals surface area (Å²) >= 11 is 7.88. The van der Waals surface area contributed by atoms with Crippen LogP contribution in [0.15, 0.2) is 8.49 Å². The van der Waals surface area contributed by atoms with Gasteiger partial charge in [0.25, 0.3) is 0 Å². The molecule has 0 aromatic rings. The van der Waals surface area contributed by atoms with Crippen molar-refractivity contribution in [3.05, 3.63) is 8.49 Å². The summed E-state index contributed by atoms with van der Waals surface area (Å²) in [7, 11) is 0. The summed E-state index contributed by atoms with van der Waals surface area (Å²) in [5.41, 5.74) is 0. The third kappa shape index (κ3) is 9.26. The van der Waals surface area contributed by atoms with Gasteiger partial charge in [-0.3, -0.25) is 0 Å². The van der Waals surface area contributed by atoms with Crippen LogP contribution in [0.1, 0.15) is 33.1 Å². The molecule has 3 heteroatoms. The van der Waals surface area contributed by atoms with Crippen molar-refractivity contribution in [1.29, 1.82) is 0 Å². The van der Waals surface area contributed by atoms with E-state index in [0.717, 1.165) is 3.08 Å². The molecular weight excluding hydrogens is 303 g/mol. The fraction of sp³-hybridized carbons (Fsp3) is 0.778. The molecule has 0 atom stereocenters. The van der Waals surface area contributed by atoms with E-state index in [-0.39, 0.29) is 20.9 Å². The third-order valence-corrected chi connectivity index (χ3v) is 6.25. The third-order valence-electron chi connectivity index (χ3n) is 1.24. The molecule has 12 heavy (non-hydrogen) atoms. The van der Waals surface area contributed by atoms with E-state index in [1.54, 1.807) is 0 Å². The number of hydrogen-bond donors (Lipinski definition) is 0. The van der Waals surface area contributed by atoms with Gasteiger partial charge in [0.05, 0.1) is 0 Å². The maximum atomic E-state index is 6.05. The standard InChI is InChI=1S/C9H17ClSTe/c1-3-5-7-12-9(10)8-11-6-4-2/h8H,3-7H2,1-2H3/b9-8+. The molecule has 0 aromatic carbocycles. The molecule has 0 saturated heterocycles. The second-order valence-corrected chi connectivity index (χ2v) is 7.83. The van der Waals surface area contributed by atoms with E-state index in [2.05, 4.69) is 19.3 Å². The van der Waals surface area contributed by atoms with Gasteiger partial charge in [-0.2, -0.15) is 0 Å². The molecule has 0 bridgehead atoms. The van der Waals surface area contributed by atoms with Gasteiger partial charge in [-0.15, -0.1) is 0 Å². The van der Waals surface area contributed by atoms with Crippen LogP contribution in [0.4, 0.5) is 0 Å². The number of thioether (sulfide) groups is 1. The topological polar surface area (TPSA) is 0 Å². The fourth-order valence-electron chi connectivity index (χ4n) is 0.590. The molecule has 0 aliphatic carbocycles. The summed E-state index contributed by atoms with van der Waals surface area (Å²) in [5, 5.41) is 2.16. The van der Waals surface area contributed by atoms with Gasteiger partial charge in [-0.1, -0.05) is 0 Å². The summed E-state index contributed by atoms with van der Waals surface area (Å²) in [4.78, 5) is 0. The second-order valence-electron chi connectivity index (χ2n) is 2.49. The van der Waals surface area contributed by atoms with E-state index in [4.69, 9.17) is 11.6 Å². The van der Waals surface area contributed by atoms with Crippen molar-refractivity contribution < 1.29 is 0 Å². The number of rotatable bonds is 7. The van der Waals surface area contributed by atoms with Crippen molar-refractivity contribution in [2.45, 2.75) is 37.6 Å². The summed E-state index contributed by atoms with van der Waals surface area (Å²) in [6, 6.07) is 0. The SMILES string of the molecule is CCCC[Te]/C(Cl)=C/SCCC. The van der Waals surface area contributed by atoms with Crippen molar-refractivity contribution in [3.8, 4) is 0 Å². The molecule has 0 nitrogen and oxygen atoms in total. The van der Waals surface area contributed by atoms with Crippen LogP contribution >= 0.6 is 23.4 Å². The predicted octanol–water partition coefficient (Wildman–Crippen LogP) is 4.09. The molecule has 0 N–H and O–H groups in total. The predicted molar refractivity (Wildman–Crippen MR) is 62.2 cm³/mol. The fourth-order valence-corrected chi connectivity index (χ4v) is 4.81. The molecule has 0 rings (SSSR count). The van der Waals surface area contributed by atoms with Crippen molar-refractivity contribution in [2.75, 3.05) is 5.75 Å². The van der Waals surface area contributed by atoms with Crippen LogP contribution in [-0.2, 0) is 0 Å². The van der Waals surface area contributed by atoms with Crippen LogP contribution in [-0.4, -0.2) is 26.7 Å². The van der Waals surface area contributed by atoms with Crippen LogP contribution in [0.3, 0.4) is 0 Å². The zero-order valence-electron chi connectivity index (χ0n) is 7.81. The molecule has 0 aliphatic heterocycles. The van der Waals surface area contributed by atoms with E-state index in [0.29, 0.717) is 0 Å². The minimum atomic E-state index is -0.0234. The first-order chi connectivity index (χ1) is 5.81. The quantitative estimate of drug-likeness (QED) is 0.503. The van der Waals surface area contributed by atoms with Crippen LogP contribution in [0.2, 0.25) is 4.47 Å². The number of halogens is 1. The Bertz CT molecular complexity index is 126. The zero-order chi connectivity index (χ0) is 9.23. The van der Waals surface area contributed by atoms with E-state index >= 15 is 0 Å². The molecule has 0 unspecified atom stereocenters. The van der Waals surface area contributed by atoms with Crippen molar-refractivity contribution in [3.63, 3.8) is 0 Å². The molecular formula is C9H17ClSTe. The Balaban J connectivity index is 3.29. The number of hydrogen-bond acceptors (Lipinski definition) is 1. The zero-order valence-corrected chi connectivity index (χ0v) is 11.7.